The number of benzene rings is 1. The molecule has 0 aliphatic heterocycles. The maximum absolute atomic E-state index is 12.1. The van der Waals surface area contributed by atoms with Gasteiger partial charge in [-0.2, -0.15) is 13.2 Å². The van der Waals surface area contributed by atoms with E-state index >= 15 is 0 Å². The summed E-state index contributed by atoms with van der Waals surface area (Å²) in [6, 6.07) is 5.22. The number of halogens is 3. The van der Waals surface area contributed by atoms with Crippen LogP contribution in [-0.2, 0) is 6.54 Å². The number of nitro groups is 1. The second-order valence-corrected chi connectivity index (χ2v) is 3.32. The third-order valence-electron chi connectivity index (χ3n) is 2.06. The number of aliphatic imine (C=N–C) groups is 1. The highest BCUT2D eigenvalue weighted by molar-refractivity contribution is 5.87. The van der Waals surface area contributed by atoms with Gasteiger partial charge in [0.1, 0.15) is 5.71 Å². The first-order valence-corrected chi connectivity index (χ1v) is 4.62. The van der Waals surface area contributed by atoms with Crippen molar-refractivity contribution >= 4 is 11.4 Å². The van der Waals surface area contributed by atoms with Crippen LogP contribution in [0.15, 0.2) is 29.3 Å². The number of nitro benzene ring substituents is 1. The summed E-state index contributed by atoms with van der Waals surface area (Å²) >= 11 is 0. The van der Waals surface area contributed by atoms with Crippen molar-refractivity contribution in [3.8, 4) is 0 Å². The van der Waals surface area contributed by atoms with E-state index < -0.39 is 16.8 Å². The second kappa shape index (κ2) is 4.94. The van der Waals surface area contributed by atoms with Gasteiger partial charge in [0, 0.05) is 12.1 Å². The van der Waals surface area contributed by atoms with Gasteiger partial charge in [0.05, 0.1) is 11.5 Å². The fourth-order valence-electron chi connectivity index (χ4n) is 1.02. The molecule has 92 valence electrons. The topological polar surface area (TPSA) is 55.5 Å². The van der Waals surface area contributed by atoms with Crippen LogP contribution in [0.25, 0.3) is 0 Å². The van der Waals surface area contributed by atoms with E-state index in [0.717, 1.165) is 6.92 Å². The standard InChI is InChI=1S/C10H9F3N2O2/c1-7(10(11,12)13)14-6-8-2-4-9(5-3-8)15(16)17/h2-5H,6H2,1H3. The molecule has 0 N–H and O–H groups in total. The maximum atomic E-state index is 12.1. The maximum Gasteiger partial charge on any atom is 0.428 e. The molecule has 0 radical (unpaired) electrons. The highest BCUT2D eigenvalue weighted by Gasteiger charge is 2.31. The normalized spacial score (nSPS) is 12.6. The molecule has 0 bridgehead atoms. The molecule has 1 rings (SSSR count). The molecule has 1 aromatic carbocycles. The summed E-state index contributed by atoms with van der Waals surface area (Å²) in [6.07, 6.45) is -4.43. The molecule has 0 amide bonds. The zero-order chi connectivity index (χ0) is 13.1. The Kier molecular flexibility index (Phi) is 3.82. The van der Waals surface area contributed by atoms with Crippen LogP contribution in [0, 0.1) is 10.1 Å². The molecule has 4 nitrogen and oxygen atoms in total. The Morgan fingerprint density at radius 3 is 2.29 bits per heavy atom. The van der Waals surface area contributed by atoms with Crippen molar-refractivity contribution in [2.24, 2.45) is 4.99 Å². The van der Waals surface area contributed by atoms with Gasteiger partial charge >= 0.3 is 6.18 Å². The summed E-state index contributed by atoms with van der Waals surface area (Å²) in [6.45, 7) is 0.731. The van der Waals surface area contributed by atoms with Gasteiger partial charge in [-0.1, -0.05) is 12.1 Å². The molecule has 0 heterocycles. The number of hydrogen-bond donors (Lipinski definition) is 0. The minimum Gasteiger partial charge on any atom is -0.280 e. The SMILES string of the molecule is CC(=NCc1ccc([N+](=O)[O-])cc1)C(F)(F)F. The Morgan fingerprint density at radius 2 is 1.88 bits per heavy atom. The Labute approximate surface area is 94.9 Å². The molecule has 7 heteroatoms. The largest absolute Gasteiger partial charge is 0.428 e. The zero-order valence-corrected chi connectivity index (χ0v) is 8.86. The lowest BCUT2D eigenvalue weighted by Gasteiger charge is -2.05. The van der Waals surface area contributed by atoms with Crippen LogP contribution in [-0.4, -0.2) is 16.8 Å². The van der Waals surface area contributed by atoms with Crippen LogP contribution in [0.1, 0.15) is 12.5 Å². The monoisotopic (exact) mass is 246 g/mol. The van der Waals surface area contributed by atoms with E-state index in [9.17, 15) is 23.3 Å². The predicted octanol–water partition coefficient (Wildman–Crippen LogP) is 3.12. The molecule has 0 aliphatic carbocycles. The first kappa shape index (κ1) is 13.1. The van der Waals surface area contributed by atoms with Crippen molar-refractivity contribution in [1.29, 1.82) is 0 Å². The van der Waals surface area contributed by atoms with Crippen molar-refractivity contribution in [2.45, 2.75) is 19.6 Å². The molecular formula is C10H9F3N2O2. The lowest BCUT2D eigenvalue weighted by Crippen LogP contribution is -2.19. The highest BCUT2D eigenvalue weighted by Crippen LogP contribution is 2.18. The quantitative estimate of drug-likeness (QED) is 0.467. The lowest BCUT2D eigenvalue weighted by molar-refractivity contribution is -0.384. The summed E-state index contributed by atoms with van der Waals surface area (Å²) < 4.78 is 36.3. The van der Waals surface area contributed by atoms with Crippen LogP contribution in [0.5, 0.6) is 0 Å². The molecule has 0 unspecified atom stereocenters. The minimum absolute atomic E-state index is 0.106. The van der Waals surface area contributed by atoms with Crippen LogP contribution in [0.2, 0.25) is 0 Å². The van der Waals surface area contributed by atoms with Crippen LogP contribution < -0.4 is 0 Å². The summed E-state index contributed by atoms with van der Waals surface area (Å²) in [5, 5.41) is 10.3. The van der Waals surface area contributed by atoms with Gasteiger partial charge in [-0.25, -0.2) is 0 Å². The summed E-state index contributed by atoms with van der Waals surface area (Å²) in [4.78, 5) is 13.1. The summed E-state index contributed by atoms with van der Waals surface area (Å²) in [5.74, 6) is 0. The summed E-state index contributed by atoms with van der Waals surface area (Å²) in [7, 11) is 0. The average Bonchev–Trinajstić information content (AvgIpc) is 2.25. The molecule has 17 heavy (non-hydrogen) atoms. The lowest BCUT2D eigenvalue weighted by atomic mass is 10.2. The molecule has 0 spiro atoms. The van der Waals surface area contributed by atoms with Crippen molar-refractivity contribution in [3.63, 3.8) is 0 Å². The molecule has 0 saturated carbocycles. The van der Waals surface area contributed by atoms with E-state index in [1.54, 1.807) is 0 Å². The van der Waals surface area contributed by atoms with Crippen LogP contribution >= 0.6 is 0 Å². The van der Waals surface area contributed by atoms with E-state index in [1.807, 2.05) is 0 Å². The van der Waals surface area contributed by atoms with Gasteiger partial charge in [-0.15, -0.1) is 0 Å². The van der Waals surface area contributed by atoms with Gasteiger partial charge in [-0.05, 0) is 12.5 Å². The van der Waals surface area contributed by atoms with Gasteiger partial charge in [0.15, 0.2) is 0 Å². The Hall–Kier alpha value is -1.92. The van der Waals surface area contributed by atoms with E-state index in [-0.39, 0.29) is 12.2 Å². The zero-order valence-electron chi connectivity index (χ0n) is 8.86. The minimum atomic E-state index is -4.43. The number of non-ortho nitro benzene ring substituents is 1. The molecule has 1 aromatic rings. The van der Waals surface area contributed by atoms with Crippen molar-refractivity contribution in [3.05, 3.63) is 39.9 Å². The van der Waals surface area contributed by atoms with Crippen molar-refractivity contribution in [1.82, 2.24) is 0 Å². The second-order valence-electron chi connectivity index (χ2n) is 3.32. The molecule has 0 atom stereocenters. The fraction of sp³-hybridized carbons (Fsp3) is 0.300. The van der Waals surface area contributed by atoms with Crippen molar-refractivity contribution < 1.29 is 18.1 Å². The fourth-order valence-corrected chi connectivity index (χ4v) is 1.02. The first-order valence-electron chi connectivity index (χ1n) is 4.62. The molecule has 0 saturated heterocycles. The predicted molar refractivity (Wildman–Crippen MR) is 56.0 cm³/mol. The summed E-state index contributed by atoms with van der Waals surface area (Å²) in [5.41, 5.74) is -0.541. The Bertz CT molecular complexity index is 438. The molecule has 0 fully saturated rings. The van der Waals surface area contributed by atoms with E-state index in [2.05, 4.69) is 4.99 Å². The molecule has 0 aromatic heterocycles. The van der Waals surface area contributed by atoms with Gasteiger partial charge in [-0.3, -0.25) is 15.1 Å². The van der Waals surface area contributed by atoms with Crippen molar-refractivity contribution in [2.75, 3.05) is 0 Å². The third-order valence-corrected chi connectivity index (χ3v) is 2.06. The first-order chi connectivity index (χ1) is 7.80. The number of hydrogen-bond acceptors (Lipinski definition) is 3. The third kappa shape index (κ3) is 3.86. The highest BCUT2D eigenvalue weighted by atomic mass is 19.4. The molecular weight excluding hydrogens is 237 g/mol. The van der Waals surface area contributed by atoms with Gasteiger partial charge in [0.2, 0.25) is 0 Å². The Morgan fingerprint density at radius 1 is 1.35 bits per heavy atom. The smallest absolute Gasteiger partial charge is 0.280 e. The van der Waals surface area contributed by atoms with Gasteiger partial charge in [0.25, 0.3) is 5.69 Å². The molecule has 0 aliphatic rings. The Balaban J connectivity index is 2.74. The van der Waals surface area contributed by atoms with E-state index in [4.69, 9.17) is 0 Å². The van der Waals surface area contributed by atoms with Crippen LogP contribution in [0.3, 0.4) is 0 Å². The van der Waals surface area contributed by atoms with Gasteiger partial charge < -0.3 is 0 Å². The van der Waals surface area contributed by atoms with E-state index in [0.29, 0.717) is 5.56 Å². The number of nitrogens with zero attached hydrogens (tertiary/aromatic N) is 2. The number of rotatable bonds is 3. The average molecular weight is 246 g/mol. The van der Waals surface area contributed by atoms with E-state index in [1.165, 1.54) is 24.3 Å². The number of alkyl halides is 3. The van der Waals surface area contributed by atoms with Crippen LogP contribution in [0.4, 0.5) is 18.9 Å².